The summed E-state index contributed by atoms with van der Waals surface area (Å²) in [6, 6.07) is 10.7. The molecular weight excluding hydrogens is 1070 g/mol. The Hall–Kier alpha value is -7.40. The minimum Gasteiger partial charge on any atom is -0.285 e. The van der Waals surface area contributed by atoms with Crippen molar-refractivity contribution in [2.24, 2.45) is 71.0 Å². The van der Waals surface area contributed by atoms with Crippen LogP contribution in [0.3, 0.4) is 0 Å². The standard InChI is InChI=1S/C28H22F6N2O4.C27H20F6N2O4/c1-11-3-5-13(17(9-11)27(29,30)31)14-6-4-12(10-18(14)28(32,33)34)36-25(39)21-15-7-8-16(22(21)26(36)40)20-19(15)23(37)35(2)24(20)38;1-10-3-5-12(16(7-10)26(28,29)30)13-6-4-11(8-17(13)27(31,32)33)35-24(38)20-14-9-15(21(20)25(35)39)19-18(14)22(36)34(2)23(19)37/h3-6,9-10,15-16,19-22H,7-8H2,1-2H3;3-8,14-15,18-21H,9H2,1-2H3. The average Bonchev–Trinajstić information content (AvgIpc) is 2.84. The molecule has 5 aliphatic carbocycles. The maximum Gasteiger partial charge on any atom is 0.417 e. The van der Waals surface area contributed by atoms with Crippen LogP contribution in [0.1, 0.15) is 52.6 Å². The third-order valence-electron chi connectivity index (χ3n) is 17.8. The quantitative estimate of drug-likeness (QED) is 0.145. The van der Waals surface area contributed by atoms with Crippen molar-refractivity contribution in [1.82, 2.24) is 9.80 Å². The van der Waals surface area contributed by atoms with Gasteiger partial charge in [0.15, 0.2) is 0 Å². The van der Waals surface area contributed by atoms with Gasteiger partial charge >= 0.3 is 24.7 Å². The summed E-state index contributed by atoms with van der Waals surface area (Å²) >= 11 is 0. The van der Waals surface area contributed by atoms with Crippen LogP contribution in [0.25, 0.3) is 22.3 Å². The molecule has 12 atom stereocenters. The summed E-state index contributed by atoms with van der Waals surface area (Å²) in [5.41, 5.74) is -8.62. The van der Waals surface area contributed by atoms with Crippen LogP contribution in [0.2, 0.25) is 0 Å². The summed E-state index contributed by atoms with van der Waals surface area (Å²) in [5, 5.41) is 0. The van der Waals surface area contributed by atoms with Gasteiger partial charge in [-0.25, -0.2) is 0 Å². The Kier molecular flexibility index (Phi) is 11.9. The topological polar surface area (TPSA) is 150 Å². The van der Waals surface area contributed by atoms with E-state index in [0.29, 0.717) is 41.2 Å². The first-order valence-corrected chi connectivity index (χ1v) is 24.9. The van der Waals surface area contributed by atoms with E-state index in [4.69, 9.17) is 0 Å². The van der Waals surface area contributed by atoms with E-state index < -0.39 is 199 Å². The van der Waals surface area contributed by atoms with Gasteiger partial charge in [-0.3, -0.25) is 58.0 Å². The van der Waals surface area contributed by atoms with Crippen LogP contribution in [0.15, 0.2) is 72.8 Å². The number of hydrogen-bond acceptors (Lipinski definition) is 8. The molecule has 4 heterocycles. The van der Waals surface area contributed by atoms with Crippen molar-refractivity contribution in [3.63, 3.8) is 0 Å². The minimum absolute atomic E-state index is 0.207. The molecular formula is C55H42F12N4O8. The number of amides is 8. The zero-order valence-corrected chi connectivity index (χ0v) is 41.6. The molecule has 0 N–H and O–H groups in total. The lowest BCUT2D eigenvalue weighted by Crippen LogP contribution is -2.53. The molecule has 9 fully saturated rings. The fraction of sp³-hybridized carbons (Fsp3) is 0.418. The number of imide groups is 4. The Bertz CT molecular complexity index is 3330. The van der Waals surface area contributed by atoms with Crippen LogP contribution in [0.4, 0.5) is 64.1 Å². The second-order valence-corrected chi connectivity index (χ2v) is 21.7. The fourth-order valence-corrected chi connectivity index (χ4v) is 14.7. The second-order valence-electron chi connectivity index (χ2n) is 21.7. The Morgan fingerprint density at radius 3 is 0.873 bits per heavy atom. The Morgan fingerprint density at radius 2 is 0.582 bits per heavy atom. The molecule has 24 heteroatoms. The van der Waals surface area contributed by atoms with Gasteiger partial charge in [-0.05, 0) is 115 Å². The number of nitrogens with zero attached hydrogens (tertiary/aromatic N) is 4. The van der Waals surface area contributed by atoms with E-state index in [2.05, 4.69) is 0 Å². The summed E-state index contributed by atoms with van der Waals surface area (Å²) in [7, 11) is 2.69. The van der Waals surface area contributed by atoms with E-state index in [9.17, 15) is 91.0 Å². The smallest absolute Gasteiger partial charge is 0.285 e. The number of carbonyl (C=O) groups is 8. The summed E-state index contributed by atoms with van der Waals surface area (Å²) in [6.07, 6.45) is -18.9. The maximum absolute atomic E-state index is 14.3. The molecule has 4 aromatic carbocycles. The number of benzene rings is 4. The number of hydrogen-bond donors (Lipinski definition) is 0. The molecule has 0 radical (unpaired) electrons. The van der Waals surface area contributed by atoms with E-state index in [1.807, 2.05) is 0 Å². The normalized spacial score (nSPS) is 30.0. The first-order chi connectivity index (χ1) is 36.7. The molecule has 0 spiro atoms. The van der Waals surface area contributed by atoms with Crippen molar-refractivity contribution < 1.29 is 91.0 Å². The molecule has 9 aliphatic rings. The number of aryl methyl sites for hydroxylation is 2. The lowest BCUT2D eigenvalue weighted by atomic mass is 9.51. The van der Waals surface area contributed by atoms with Crippen LogP contribution in [0.5, 0.6) is 0 Å². The van der Waals surface area contributed by atoms with Gasteiger partial charge in [-0.2, -0.15) is 52.7 Å². The second kappa shape index (κ2) is 17.5. The molecule has 4 aromatic rings. The van der Waals surface area contributed by atoms with Crippen molar-refractivity contribution in [1.29, 1.82) is 0 Å². The lowest BCUT2D eigenvalue weighted by Gasteiger charge is -2.48. The van der Waals surface area contributed by atoms with Crippen LogP contribution in [-0.4, -0.2) is 71.2 Å². The maximum atomic E-state index is 14.3. The van der Waals surface area contributed by atoms with Crippen molar-refractivity contribution in [3.05, 3.63) is 106 Å². The third kappa shape index (κ3) is 7.86. The lowest BCUT2D eigenvalue weighted by molar-refractivity contribution is -0.148. The number of rotatable bonds is 4. The van der Waals surface area contributed by atoms with Gasteiger partial charge in [-0.1, -0.05) is 47.5 Å². The van der Waals surface area contributed by atoms with Gasteiger partial charge < -0.3 is 0 Å². The monoisotopic (exact) mass is 1110 g/mol. The van der Waals surface area contributed by atoms with E-state index in [-0.39, 0.29) is 11.1 Å². The fourth-order valence-electron chi connectivity index (χ4n) is 14.7. The largest absolute Gasteiger partial charge is 0.417 e. The molecule has 12 unspecified atom stereocenters. The van der Waals surface area contributed by atoms with Crippen molar-refractivity contribution in [2.75, 3.05) is 23.9 Å². The summed E-state index contributed by atoms with van der Waals surface area (Å²) in [6.45, 7) is 2.77. The minimum atomic E-state index is -5.11. The van der Waals surface area contributed by atoms with Crippen LogP contribution in [0, 0.1) is 84.9 Å². The highest BCUT2D eigenvalue weighted by Crippen LogP contribution is 2.65. The molecule has 13 rings (SSSR count). The number of fused-ring (bicyclic) bond motifs is 9. The zero-order valence-electron chi connectivity index (χ0n) is 41.6. The van der Waals surface area contributed by atoms with Crippen LogP contribution in [-0.2, 0) is 63.1 Å². The van der Waals surface area contributed by atoms with E-state index in [1.54, 1.807) is 0 Å². The average molecular weight is 1110 g/mol. The molecule has 8 amide bonds. The highest BCUT2D eigenvalue weighted by atomic mass is 19.4. The van der Waals surface area contributed by atoms with Crippen LogP contribution < -0.4 is 9.80 Å². The Labute approximate surface area is 439 Å². The molecule has 4 saturated heterocycles. The first-order valence-electron chi connectivity index (χ1n) is 24.9. The number of alkyl halides is 12. The number of carbonyl (C=O) groups excluding carboxylic acids is 8. The van der Waals surface area contributed by atoms with E-state index in [1.165, 1.54) is 40.1 Å². The SMILES string of the molecule is Cc1ccc(-c2ccc(N3C(=O)C4C5CC(C6C(=O)N(C)C(=O)C56)C4C3=O)cc2C(F)(F)F)c(C(F)(F)F)c1.Cc1ccc(-c2ccc(N3C(=O)C4C5CCC(C6C(=O)N(C)C(=O)C56)C4C3=O)cc2C(F)(F)F)c(C(F)(F)F)c1. The van der Waals surface area contributed by atoms with Gasteiger partial charge in [0, 0.05) is 14.1 Å². The predicted molar refractivity (Wildman–Crippen MR) is 250 cm³/mol. The molecule has 12 nitrogen and oxygen atoms in total. The molecule has 0 aromatic heterocycles. The zero-order chi connectivity index (χ0) is 57.4. The molecule has 4 bridgehead atoms. The highest BCUT2D eigenvalue weighted by molar-refractivity contribution is 6.24. The highest BCUT2D eigenvalue weighted by Gasteiger charge is 2.73. The van der Waals surface area contributed by atoms with Gasteiger partial charge in [-0.15, -0.1) is 0 Å². The van der Waals surface area contributed by atoms with Gasteiger partial charge in [0.25, 0.3) is 0 Å². The Morgan fingerprint density at radius 1 is 0.342 bits per heavy atom. The predicted octanol–water partition coefficient (Wildman–Crippen LogP) is 9.76. The summed E-state index contributed by atoms with van der Waals surface area (Å²) < 4.78 is 168. The molecule has 414 valence electrons. The molecule has 79 heavy (non-hydrogen) atoms. The van der Waals surface area contributed by atoms with Gasteiger partial charge in [0.05, 0.1) is 81.0 Å². The van der Waals surface area contributed by atoms with E-state index >= 15 is 0 Å². The van der Waals surface area contributed by atoms with Gasteiger partial charge in [0.2, 0.25) is 47.3 Å². The molecule has 4 aliphatic heterocycles. The van der Waals surface area contributed by atoms with Gasteiger partial charge in [0.1, 0.15) is 0 Å². The third-order valence-corrected chi connectivity index (χ3v) is 17.8. The number of anilines is 2. The van der Waals surface area contributed by atoms with E-state index in [0.717, 1.165) is 58.3 Å². The Balaban J connectivity index is 0.000000167. The summed E-state index contributed by atoms with van der Waals surface area (Å²) in [4.78, 5) is 108. The number of halogens is 12. The number of likely N-dealkylation sites (tertiary alicyclic amines) is 2. The van der Waals surface area contributed by atoms with Crippen molar-refractivity contribution >= 4 is 58.6 Å². The van der Waals surface area contributed by atoms with Crippen molar-refractivity contribution in [3.8, 4) is 22.3 Å². The first kappa shape index (κ1) is 53.6. The van der Waals surface area contributed by atoms with Crippen LogP contribution >= 0.6 is 0 Å². The summed E-state index contributed by atoms with van der Waals surface area (Å²) in [5.74, 6) is -14.0. The molecule has 5 saturated carbocycles. The van der Waals surface area contributed by atoms with Crippen molar-refractivity contribution in [2.45, 2.75) is 57.8 Å².